The highest BCUT2D eigenvalue weighted by molar-refractivity contribution is 6.10. The molecule has 132 valence electrons. The fourth-order valence-electron chi connectivity index (χ4n) is 2.68. The lowest BCUT2D eigenvalue weighted by Crippen LogP contribution is -2.03. The lowest BCUT2D eigenvalue weighted by atomic mass is 10.0. The van der Waals surface area contributed by atoms with Crippen LogP contribution in [0.5, 0.6) is 17.2 Å². The van der Waals surface area contributed by atoms with Crippen LogP contribution in [-0.4, -0.2) is 34.6 Å². The molecule has 0 spiro atoms. The first kappa shape index (κ1) is 17.3. The molecule has 3 rings (SSSR count). The van der Waals surface area contributed by atoms with Crippen LogP contribution in [0.15, 0.2) is 53.5 Å². The molecule has 0 bridgehead atoms. The standard InChI is InChI=1S/C20H17NO5/c1-26-20(25)16-17(21-11-10-12-6-8-13(22)9-7-12)19(24)15-5-3-2-4-14(15)18(16)23/h2-9,11,22-24H,10H2,1H3. The first-order valence-corrected chi connectivity index (χ1v) is 7.88. The van der Waals surface area contributed by atoms with Crippen molar-refractivity contribution in [2.75, 3.05) is 7.11 Å². The number of nitrogens with zero attached hydrogens (tertiary/aromatic N) is 1. The Bertz CT molecular complexity index is 993. The summed E-state index contributed by atoms with van der Waals surface area (Å²) < 4.78 is 4.73. The van der Waals surface area contributed by atoms with Crippen molar-refractivity contribution < 1.29 is 24.9 Å². The van der Waals surface area contributed by atoms with Gasteiger partial charge in [0.05, 0.1) is 7.11 Å². The number of aromatic hydroxyl groups is 3. The van der Waals surface area contributed by atoms with Gasteiger partial charge in [-0.2, -0.15) is 0 Å². The van der Waals surface area contributed by atoms with Crippen LogP contribution in [0, 0.1) is 0 Å². The number of carbonyl (C=O) groups is 1. The molecule has 0 aliphatic rings. The third-order valence-corrected chi connectivity index (χ3v) is 4.01. The summed E-state index contributed by atoms with van der Waals surface area (Å²) in [5, 5.41) is 31.1. The van der Waals surface area contributed by atoms with E-state index in [9.17, 15) is 20.1 Å². The summed E-state index contributed by atoms with van der Waals surface area (Å²) in [6, 6.07) is 13.2. The molecule has 0 amide bonds. The predicted molar refractivity (Wildman–Crippen MR) is 98.6 cm³/mol. The molecular weight excluding hydrogens is 334 g/mol. The van der Waals surface area contributed by atoms with Crippen LogP contribution >= 0.6 is 0 Å². The van der Waals surface area contributed by atoms with Gasteiger partial charge in [-0.05, 0) is 17.7 Å². The van der Waals surface area contributed by atoms with E-state index in [2.05, 4.69) is 4.99 Å². The molecule has 0 fully saturated rings. The number of phenolic OH excluding ortho intramolecular Hbond substituents is 3. The summed E-state index contributed by atoms with van der Waals surface area (Å²) in [5.74, 6) is -1.13. The molecule has 0 aromatic heterocycles. The molecule has 0 saturated carbocycles. The second-order valence-electron chi connectivity index (χ2n) is 5.64. The zero-order valence-corrected chi connectivity index (χ0v) is 14.0. The number of aliphatic imine (C=N–C) groups is 1. The van der Waals surface area contributed by atoms with Gasteiger partial charge in [-0.15, -0.1) is 0 Å². The monoisotopic (exact) mass is 351 g/mol. The van der Waals surface area contributed by atoms with Crippen molar-refractivity contribution in [3.63, 3.8) is 0 Å². The quantitative estimate of drug-likeness (QED) is 0.378. The van der Waals surface area contributed by atoms with E-state index in [1.165, 1.54) is 13.3 Å². The van der Waals surface area contributed by atoms with Gasteiger partial charge < -0.3 is 20.1 Å². The third kappa shape index (κ3) is 3.17. The molecule has 6 nitrogen and oxygen atoms in total. The Morgan fingerprint density at radius 2 is 1.62 bits per heavy atom. The van der Waals surface area contributed by atoms with E-state index in [1.54, 1.807) is 48.5 Å². The summed E-state index contributed by atoms with van der Waals surface area (Å²) >= 11 is 0. The molecule has 3 aromatic carbocycles. The molecule has 26 heavy (non-hydrogen) atoms. The predicted octanol–water partition coefficient (Wildman–Crippen LogP) is 3.69. The molecule has 0 atom stereocenters. The third-order valence-electron chi connectivity index (χ3n) is 4.01. The Balaban J connectivity index is 2.08. The average molecular weight is 351 g/mol. The van der Waals surface area contributed by atoms with E-state index in [0.29, 0.717) is 17.2 Å². The van der Waals surface area contributed by atoms with E-state index < -0.39 is 5.97 Å². The molecule has 0 aliphatic carbocycles. The number of esters is 1. The molecule has 0 unspecified atom stereocenters. The van der Waals surface area contributed by atoms with Crippen molar-refractivity contribution in [2.24, 2.45) is 4.99 Å². The summed E-state index contributed by atoms with van der Waals surface area (Å²) in [6.07, 6.45) is 1.93. The normalized spacial score (nSPS) is 11.1. The van der Waals surface area contributed by atoms with E-state index in [4.69, 9.17) is 4.74 Å². The Labute approximate surface area is 149 Å². The molecule has 6 heteroatoms. The van der Waals surface area contributed by atoms with Gasteiger partial charge in [0.15, 0.2) is 0 Å². The van der Waals surface area contributed by atoms with Gasteiger partial charge in [-0.1, -0.05) is 36.4 Å². The second kappa shape index (κ2) is 7.14. The minimum Gasteiger partial charge on any atom is -0.508 e. The highest BCUT2D eigenvalue weighted by Gasteiger charge is 2.24. The number of ether oxygens (including phenoxy) is 1. The van der Waals surface area contributed by atoms with Crippen LogP contribution < -0.4 is 0 Å². The Kier molecular flexibility index (Phi) is 4.75. The summed E-state index contributed by atoms with van der Waals surface area (Å²) in [4.78, 5) is 16.3. The number of carbonyl (C=O) groups excluding carboxylic acids is 1. The van der Waals surface area contributed by atoms with Gasteiger partial charge in [0.1, 0.15) is 28.5 Å². The fraction of sp³-hybridized carbons (Fsp3) is 0.100. The van der Waals surface area contributed by atoms with Crippen molar-refractivity contribution in [3.8, 4) is 17.2 Å². The zero-order chi connectivity index (χ0) is 18.7. The number of methoxy groups -OCH3 is 1. The highest BCUT2D eigenvalue weighted by Crippen LogP contribution is 2.44. The molecule has 0 aliphatic heterocycles. The smallest absolute Gasteiger partial charge is 0.344 e. The van der Waals surface area contributed by atoms with Gasteiger partial charge in [0.25, 0.3) is 0 Å². The molecule has 0 radical (unpaired) electrons. The highest BCUT2D eigenvalue weighted by atomic mass is 16.5. The van der Waals surface area contributed by atoms with Crippen molar-refractivity contribution in [2.45, 2.75) is 6.42 Å². The van der Waals surface area contributed by atoms with E-state index in [-0.39, 0.29) is 28.5 Å². The van der Waals surface area contributed by atoms with Gasteiger partial charge in [-0.25, -0.2) is 4.79 Å². The second-order valence-corrected chi connectivity index (χ2v) is 5.64. The van der Waals surface area contributed by atoms with Crippen LogP contribution in [0.4, 0.5) is 5.69 Å². The maximum absolute atomic E-state index is 12.1. The van der Waals surface area contributed by atoms with Crippen molar-refractivity contribution in [3.05, 3.63) is 59.7 Å². The average Bonchev–Trinajstić information content (AvgIpc) is 2.66. The van der Waals surface area contributed by atoms with Gasteiger partial charge >= 0.3 is 5.97 Å². The number of rotatable bonds is 4. The van der Waals surface area contributed by atoms with Crippen LogP contribution in [-0.2, 0) is 11.2 Å². The summed E-state index contributed by atoms with van der Waals surface area (Å²) in [7, 11) is 1.19. The molecule has 0 saturated heterocycles. The number of fused-ring (bicyclic) bond motifs is 1. The summed E-state index contributed by atoms with van der Waals surface area (Å²) in [5.41, 5.74) is 0.646. The number of hydrogen-bond acceptors (Lipinski definition) is 6. The minimum atomic E-state index is -0.791. The largest absolute Gasteiger partial charge is 0.508 e. The van der Waals surface area contributed by atoms with E-state index >= 15 is 0 Å². The van der Waals surface area contributed by atoms with E-state index in [0.717, 1.165) is 5.56 Å². The minimum absolute atomic E-state index is 0.0492. The molecular formula is C20H17NO5. The van der Waals surface area contributed by atoms with Crippen molar-refractivity contribution >= 4 is 28.6 Å². The van der Waals surface area contributed by atoms with Gasteiger partial charge in [-0.3, -0.25) is 4.99 Å². The lowest BCUT2D eigenvalue weighted by molar-refractivity contribution is 0.0598. The lowest BCUT2D eigenvalue weighted by Gasteiger charge is -2.12. The first-order chi connectivity index (χ1) is 12.5. The molecule has 3 aromatic rings. The fourth-order valence-corrected chi connectivity index (χ4v) is 2.68. The maximum atomic E-state index is 12.1. The van der Waals surface area contributed by atoms with E-state index in [1.807, 2.05) is 0 Å². The Morgan fingerprint density at radius 1 is 1.00 bits per heavy atom. The molecule has 3 N–H and O–H groups in total. The van der Waals surface area contributed by atoms with Gasteiger partial charge in [0, 0.05) is 23.4 Å². The number of benzene rings is 3. The van der Waals surface area contributed by atoms with Crippen molar-refractivity contribution in [1.82, 2.24) is 0 Å². The van der Waals surface area contributed by atoms with Crippen LogP contribution in [0.2, 0.25) is 0 Å². The maximum Gasteiger partial charge on any atom is 0.344 e. The first-order valence-electron chi connectivity index (χ1n) is 7.88. The summed E-state index contributed by atoms with van der Waals surface area (Å²) in [6.45, 7) is 0. The van der Waals surface area contributed by atoms with Crippen LogP contribution in [0.1, 0.15) is 15.9 Å². The SMILES string of the molecule is COC(=O)c1c(N=CCc2ccc(O)cc2)c(O)c2ccccc2c1O. The topological polar surface area (TPSA) is 99.4 Å². The van der Waals surface area contributed by atoms with Crippen LogP contribution in [0.25, 0.3) is 10.8 Å². The number of phenols is 3. The molecule has 0 heterocycles. The van der Waals surface area contributed by atoms with Crippen LogP contribution in [0.3, 0.4) is 0 Å². The zero-order valence-electron chi connectivity index (χ0n) is 14.0. The Hall–Kier alpha value is -3.54. The van der Waals surface area contributed by atoms with Crippen molar-refractivity contribution in [1.29, 1.82) is 0 Å². The number of hydrogen-bond donors (Lipinski definition) is 3. The Morgan fingerprint density at radius 3 is 2.23 bits per heavy atom. The van der Waals surface area contributed by atoms with Gasteiger partial charge in [0.2, 0.25) is 0 Å².